The minimum Gasteiger partial charge on any atom is -0.465 e. The number of hydrogen-bond donors (Lipinski definition) is 0. The first-order chi connectivity index (χ1) is 33.6. The molecule has 0 aliphatic carbocycles. The second-order valence-electron chi connectivity index (χ2n) is 23.0. The Balaban J connectivity index is 2.63. The predicted octanol–water partition coefficient (Wildman–Crippen LogP) is 15.7. The molecule has 0 aromatic rings. The molecule has 70 heavy (non-hydrogen) atoms. The van der Waals surface area contributed by atoms with Gasteiger partial charge in [0.2, 0.25) is 0 Å². The van der Waals surface area contributed by atoms with E-state index in [-0.39, 0.29) is 42.2 Å². The number of carbonyl (C=O) groups is 4. The molecule has 1 heterocycles. The van der Waals surface area contributed by atoms with E-state index in [1.54, 1.807) is 0 Å². The van der Waals surface area contributed by atoms with E-state index in [0.717, 1.165) is 122 Å². The summed E-state index contributed by atoms with van der Waals surface area (Å²) in [6, 6.07) is -0.435. The third kappa shape index (κ3) is 32.8. The van der Waals surface area contributed by atoms with Crippen LogP contribution in [0.2, 0.25) is 0 Å². The molecule has 10 heteroatoms. The van der Waals surface area contributed by atoms with Crippen LogP contribution in [-0.4, -0.2) is 98.4 Å². The molecule has 0 aromatic carbocycles. The first-order valence-corrected chi connectivity index (χ1v) is 29.8. The molecule has 2 atom stereocenters. The molecule has 412 valence electrons. The van der Waals surface area contributed by atoms with Gasteiger partial charge in [0.05, 0.1) is 23.9 Å². The Morgan fingerprint density at radius 3 is 1.36 bits per heavy atom. The van der Waals surface area contributed by atoms with E-state index in [1.807, 2.05) is 46.7 Å². The number of esters is 4. The lowest BCUT2D eigenvalue weighted by Crippen LogP contribution is -2.38. The fourth-order valence-corrected chi connectivity index (χ4v) is 9.78. The molecule has 1 aliphatic rings. The van der Waals surface area contributed by atoms with Crippen molar-refractivity contribution in [1.29, 1.82) is 0 Å². The molecule has 0 N–H and O–H groups in total. The van der Waals surface area contributed by atoms with Gasteiger partial charge in [0.1, 0.15) is 24.4 Å². The number of likely N-dealkylation sites (tertiary alicyclic amines) is 1. The highest BCUT2D eigenvalue weighted by molar-refractivity contribution is 5.77. The van der Waals surface area contributed by atoms with Gasteiger partial charge < -0.3 is 23.8 Å². The van der Waals surface area contributed by atoms with Crippen LogP contribution in [0.5, 0.6) is 0 Å². The van der Waals surface area contributed by atoms with Crippen molar-refractivity contribution in [3.8, 4) is 0 Å². The van der Waals surface area contributed by atoms with Gasteiger partial charge in [-0.3, -0.25) is 24.1 Å². The second kappa shape index (κ2) is 41.2. The Labute approximate surface area is 432 Å². The SMILES string of the molecule is CCCCCCCCC(CCCCCCCC)OC(=O)C(C)(C)CCCCCCOC(=O)[C@@H]1C[C@H](OC(=O)CCN(C)C)CN1CCCCCCC(C)(C)C(=O)OC(CCCCCC)CCCCCC. The average Bonchev–Trinajstić information content (AvgIpc) is 3.72. The van der Waals surface area contributed by atoms with Gasteiger partial charge in [-0.25, -0.2) is 0 Å². The molecule has 1 fully saturated rings. The Kier molecular flexibility index (Phi) is 38.7. The van der Waals surface area contributed by atoms with Crippen molar-refractivity contribution in [1.82, 2.24) is 9.80 Å². The molecule has 10 nitrogen and oxygen atoms in total. The van der Waals surface area contributed by atoms with E-state index >= 15 is 0 Å². The second-order valence-corrected chi connectivity index (χ2v) is 23.0. The number of hydrogen-bond acceptors (Lipinski definition) is 10. The summed E-state index contributed by atoms with van der Waals surface area (Å²) in [5.74, 6) is -0.584. The van der Waals surface area contributed by atoms with Gasteiger partial charge in [0, 0.05) is 19.5 Å². The summed E-state index contributed by atoms with van der Waals surface area (Å²) in [6.07, 6.45) is 37.8. The third-order valence-corrected chi connectivity index (χ3v) is 14.8. The van der Waals surface area contributed by atoms with E-state index in [4.69, 9.17) is 18.9 Å². The molecule has 1 aliphatic heterocycles. The smallest absolute Gasteiger partial charge is 0.323 e. The average molecular weight is 992 g/mol. The molecule has 0 aromatic heterocycles. The minimum atomic E-state index is -0.528. The van der Waals surface area contributed by atoms with Crippen LogP contribution in [0.25, 0.3) is 0 Å². The lowest BCUT2D eigenvalue weighted by molar-refractivity contribution is -0.161. The summed E-state index contributed by atoms with van der Waals surface area (Å²) in [5.41, 5.74) is -1.05. The minimum absolute atomic E-state index is 0.0223. The zero-order valence-corrected chi connectivity index (χ0v) is 47.8. The maximum absolute atomic E-state index is 13.6. The van der Waals surface area contributed by atoms with Crippen molar-refractivity contribution in [2.75, 3.05) is 40.3 Å². The van der Waals surface area contributed by atoms with E-state index in [2.05, 4.69) is 32.6 Å². The van der Waals surface area contributed by atoms with Gasteiger partial charge in [0.15, 0.2) is 0 Å². The monoisotopic (exact) mass is 991 g/mol. The van der Waals surface area contributed by atoms with Gasteiger partial charge in [-0.05, 0) is 125 Å². The van der Waals surface area contributed by atoms with Crippen LogP contribution >= 0.6 is 0 Å². The van der Waals surface area contributed by atoms with Crippen LogP contribution in [0.3, 0.4) is 0 Å². The lowest BCUT2D eigenvalue weighted by Gasteiger charge is -2.27. The molecular weight excluding hydrogens is 877 g/mol. The van der Waals surface area contributed by atoms with Crippen LogP contribution in [0.15, 0.2) is 0 Å². The van der Waals surface area contributed by atoms with Gasteiger partial charge in [-0.1, -0.05) is 169 Å². The summed E-state index contributed by atoms with van der Waals surface area (Å²) in [5, 5.41) is 0. The van der Waals surface area contributed by atoms with Crippen LogP contribution in [0.4, 0.5) is 0 Å². The van der Waals surface area contributed by atoms with E-state index in [0.29, 0.717) is 32.5 Å². The fourth-order valence-electron chi connectivity index (χ4n) is 9.78. The van der Waals surface area contributed by atoms with Crippen LogP contribution < -0.4 is 0 Å². The highest BCUT2D eigenvalue weighted by Crippen LogP contribution is 2.31. The van der Waals surface area contributed by atoms with Crippen LogP contribution in [0.1, 0.15) is 287 Å². The van der Waals surface area contributed by atoms with E-state index in [9.17, 15) is 19.2 Å². The summed E-state index contributed by atoms with van der Waals surface area (Å²) < 4.78 is 24.2. The van der Waals surface area contributed by atoms with Crippen molar-refractivity contribution in [2.45, 2.75) is 311 Å². The van der Waals surface area contributed by atoms with Crippen molar-refractivity contribution in [3.63, 3.8) is 0 Å². The van der Waals surface area contributed by atoms with Gasteiger partial charge >= 0.3 is 23.9 Å². The zero-order chi connectivity index (χ0) is 51.9. The summed E-state index contributed by atoms with van der Waals surface area (Å²) in [6.45, 7) is 19.3. The summed E-state index contributed by atoms with van der Waals surface area (Å²) in [4.78, 5) is 57.3. The topological polar surface area (TPSA) is 112 Å². The number of carbonyl (C=O) groups excluding carboxylic acids is 4. The Morgan fingerprint density at radius 2 is 0.914 bits per heavy atom. The Morgan fingerprint density at radius 1 is 0.529 bits per heavy atom. The Bertz CT molecular complexity index is 1290. The fraction of sp³-hybridized carbons (Fsp3) is 0.933. The summed E-state index contributed by atoms with van der Waals surface area (Å²) in [7, 11) is 3.88. The third-order valence-electron chi connectivity index (χ3n) is 14.8. The molecule has 0 radical (unpaired) electrons. The number of unbranched alkanes of at least 4 members (excludes halogenated alkanes) is 22. The standard InChI is InChI=1S/C60H114N2O8/c1-11-15-19-23-25-33-41-52(42-34-26-24-20-16-12-2)70-58(66)60(7,8)45-36-28-30-38-48-67-56(64)54-49-53(68-55(63)43-47-61(9)10)50-62(54)46-37-29-27-35-44-59(5,6)57(65)69-51(39-31-21-17-13-3)40-32-22-18-14-4/h51-54H,11-50H2,1-10H3/t53-,54-/m0/s1. The van der Waals surface area contributed by atoms with Crippen molar-refractivity contribution in [3.05, 3.63) is 0 Å². The first-order valence-electron chi connectivity index (χ1n) is 29.8. The van der Waals surface area contributed by atoms with Gasteiger partial charge in [0.25, 0.3) is 0 Å². The largest absolute Gasteiger partial charge is 0.465 e. The molecule has 0 spiro atoms. The quantitative estimate of drug-likeness (QED) is 0.0332. The molecule has 0 amide bonds. The maximum Gasteiger partial charge on any atom is 0.323 e. The molecule has 0 bridgehead atoms. The highest BCUT2D eigenvalue weighted by atomic mass is 16.6. The number of nitrogens with zero attached hydrogens (tertiary/aromatic N) is 2. The first kappa shape index (κ1) is 65.8. The molecular formula is C60H114N2O8. The number of rotatable bonds is 47. The van der Waals surface area contributed by atoms with Crippen LogP contribution in [0, 0.1) is 10.8 Å². The molecule has 0 unspecified atom stereocenters. The number of ether oxygens (including phenoxy) is 4. The Hall–Kier alpha value is -2.20. The molecule has 1 saturated heterocycles. The summed E-state index contributed by atoms with van der Waals surface area (Å²) >= 11 is 0. The lowest BCUT2D eigenvalue weighted by atomic mass is 9.86. The van der Waals surface area contributed by atoms with Crippen molar-refractivity contribution >= 4 is 23.9 Å². The van der Waals surface area contributed by atoms with E-state index < -0.39 is 16.9 Å². The van der Waals surface area contributed by atoms with Gasteiger partial charge in [-0.2, -0.15) is 0 Å². The highest BCUT2D eigenvalue weighted by Gasteiger charge is 2.39. The normalized spacial score (nSPS) is 15.6. The van der Waals surface area contributed by atoms with Crippen molar-refractivity contribution in [2.24, 2.45) is 10.8 Å². The van der Waals surface area contributed by atoms with E-state index in [1.165, 1.54) is 103 Å². The van der Waals surface area contributed by atoms with Crippen molar-refractivity contribution < 1.29 is 38.1 Å². The predicted molar refractivity (Wildman–Crippen MR) is 291 cm³/mol. The van der Waals surface area contributed by atoms with Gasteiger partial charge in [-0.15, -0.1) is 0 Å². The maximum atomic E-state index is 13.6. The zero-order valence-electron chi connectivity index (χ0n) is 47.8. The molecule has 1 rings (SSSR count). The van der Waals surface area contributed by atoms with Crippen LogP contribution in [-0.2, 0) is 38.1 Å². The molecule has 0 saturated carbocycles.